The van der Waals surface area contributed by atoms with E-state index in [4.69, 9.17) is 4.42 Å². The van der Waals surface area contributed by atoms with Gasteiger partial charge in [0.1, 0.15) is 0 Å². The number of hydrogen-bond donors (Lipinski definition) is 1. The van der Waals surface area contributed by atoms with Gasteiger partial charge >= 0.3 is 0 Å². The van der Waals surface area contributed by atoms with Gasteiger partial charge in [-0.2, -0.15) is 0 Å². The molecular weight excluding hydrogens is 174 g/mol. The van der Waals surface area contributed by atoms with Crippen LogP contribution in [0.5, 0.6) is 0 Å². The van der Waals surface area contributed by atoms with Crippen molar-refractivity contribution in [2.45, 2.75) is 6.54 Å². The monoisotopic (exact) mass is 187 g/mol. The lowest BCUT2D eigenvalue weighted by atomic mass is 10.1. The SMILES string of the molecule is CNCc1cccc(-c2ccoc2)c1. The van der Waals surface area contributed by atoms with E-state index in [9.17, 15) is 0 Å². The van der Waals surface area contributed by atoms with E-state index < -0.39 is 0 Å². The Balaban J connectivity index is 2.31. The van der Waals surface area contributed by atoms with Crippen molar-refractivity contribution in [2.24, 2.45) is 0 Å². The smallest absolute Gasteiger partial charge is 0.0980 e. The number of furan rings is 1. The zero-order chi connectivity index (χ0) is 9.80. The molecule has 1 heterocycles. The molecule has 0 atom stereocenters. The van der Waals surface area contributed by atoms with Gasteiger partial charge < -0.3 is 9.73 Å². The average Bonchev–Trinajstić information content (AvgIpc) is 2.71. The summed E-state index contributed by atoms with van der Waals surface area (Å²) in [7, 11) is 1.95. The quantitative estimate of drug-likeness (QED) is 0.799. The predicted molar refractivity (Wildman–Crippen MR) is 56.9 cm³/mol. The molecule has 0 aliphatic rings. The van der Waals surface area contributed by atoms with E-state index in [0.29, 0.717) is 0 Å². The van der Waals surface area contributed by atoms with Crippen LogP contribution in [0, 0.1) is 0 Å². The van der Waals surface area contributed by atoms with Gasteiger partial charge in [-0.15, -0.1) is 0 Å². The lowest BCUT2D eigenvalue weighted by Crippen LogP contribution is -2.04. The lowest BCUT2D eigenvalue weighted by molar-refractivity contribution is 0.568. The Morgan fingerprint density at radius 1 is 1.21 bits per heavy atom. The minimum absolute atomic E-state index is 0.895. The zero-order valence-corrected chi connectivity index (χ0v) is 8.16. The number of benzene rings is 1. The molecule has 72 valence electrons. The Morgan fingerprint density at radius 2 is 2.14 bits per heavy atom. The third-order valence-corrected chi connectivity index (χ3v) is 2.16. The maximum absolute atomic E-state index is 5.05. The van der Waals surface area contributed by atoms with Gasteiger partial charge in [0.05, 0.1) is 12.5 Å². The number of nitrogens with one attached hydrogen (secondary N) is 1. The first-order valence-electron chi connectivity index (χ1n) is 4.66. The minimum Gasteiger partial charge on any atom is -0.472 e. The zero-order valence-electron chi connectivity index (χ0n) is 8.16. The largest absolute Gasteiger partial charge is 0.472 e. The number of hydrogen-bond acceptors (Lipinski definition) is 2. The van der Waals surface area contributed by atoms with Gasteiger partial charge in [-0.3, -0.25) is 0 Å². The maximum atomic E-state index is 5.05. The molecule has 0 amide bonds. The van der Waals surface area contributed by atoms with Crippen molar-refractivity contribution in [1.29, 1.82) is 0 Å². The van der Waals surface area contributed by atoms with Gasteiger partial charge in [-0.1, -0.05) is 18.2 Å². The molecule has 0 bridgehead atoms. The Hall–Kier alpha value is -1.54. The molecule has 1 aromatic carbocycles. The first-order valence-corrected chi connectivity index (χ1v) is 4.66. The van der Waals surface area contributed by atoms with Crippen LogP contribution in [0.15, 0.2) is 47.3 Å². The highest BCUT2D eigenvalue weighted by atomic mass is 16.3. The van der Waals surface area contributed by atoms with E-state index in [0.717, 1.165) is 12.1 Å². The van der Waals surface area contributed by atoms with Crippen LogP contribution in [0.3, 0.4) is 0 Å². The third kappa shape index (κ3) is 1.86. The first kappa shape index (κ1) is 9.03. The summed E-state index contributed by atoms with van der Waals surface area (Å²) in [5, 5.41) is 3.13. The van der Waals surface area contributed by atoms with Gasteiger partial charge in [-0.05, 0) is 30.3 Å². The molecule has 2 heteroatoms. The lowest BCUT2D eigenvalue weighted by Gasteiger charge is -2.02. The van der Waals surface area contributed by atoms with Crippen LogP contribution in [0.4, 0.5) is 0 Å². The van der Waals surface area contributed by atoms with Crippen molar-refractivity contribution >= 4 is 0 Å². The second-order valence-electron chi connectivity index (χ2n) is 3.24. The molecule has 0 spiro atoms. The van der Waals surface area contributed by atoms with Crippen molar-refractivity contribution in [3.63, 3.8) is 0 Å². The molecular formula is C12H13NO. The fourth-order valence-corrected chi connectivity index (χ4v) is 1.49. The summed E-state index contributed by atoms with van der Waals surface area (Å²) in [5.74, 6) is 0. The van der Waals surface area contributed by atoms with Crippen LogP contribution in [0.25, 0.3) is 11.1 Å². The highest BCUT2D eigenvalue weighted by molar-refractivity contribution is 5.62. The third-order valence-electron chi connectivity index (χ3n) is 2.16. The van der Waals surface area contributed by atoms with Crippen LogP contribution < -0.4 is 5.32 Å². The molecule has 2 rings (SSSR count). The molecule has 0 aliphatic carbocycles. The molecule has 0 fully saturated rings. The second-order valence-corrected chi connectivity index (χ2v) is 3.24. The summed E-state index contributed by atoms with van der Waals surface area (Å²) < 4.78 is 5.05. The van der Waals surface area contributed by atoms with Crippen LogP contribution in [-0.2, 0) is 6.54 Å². The standard InChI is InChI=1S/C12H13NO/c1-13-8-10-3-2-4-11(7-10)12-5-6-14-9-12/h2-7,9,13H,8H2,1H3. The van der Waals surface area contributed by atoms with E-state index in [2.05, 4.69) is 29.6 Å². The number of rotatable bonds is 3. The highest BCUT2D eigenvalue weighted by Gasteiger charge is 1.99. The molecule has 1 N–H and O–H groups in total. The maximum Gasteiger partial charge on any atom is 0.0980 e. The summed E-state index contributed by atoms with van der Waals surface area (Å²) in [6.07, 6.45) is 3.46. The summed E-state index contributed by atoms with van der Waals surface area (Å²) in [5.41, 5.74) is 3.61. The van der Waals surface area contributed by atoms with Gasteiger partial charge in [0.15, 0.2) is 0 Å². The average molecular weight is 187 g/mol. The first-order chi connectivity index (χ1) is 6.90. The molecule has 0 saturated heterocycles. The molecule has 2 aromatic rings. The second kappa shape index (κ2) is 4.11. The van der Waals surface area contributed by atoms with Gasteiger partial charge in [0, 0.05) is 12.1 Å². The van der Waals surface area contributed by atoms with Crippen LogP contribution in [0.2, 0.25) is 0 Å². The highest BCUT2D eigenvalue weighted by Crippen LogP contribution is 2.20. The van der Waals surface area contributed by atoms with Gasteiger partial charge in [0.2, 0.25) is 0 Å². The Morgan fingerprint density at radius 3 is 2.86 bits per heavy atom. The topological polar surface area (TPSA) is 25.2 Å². The fourth-order valence-electron chi connectivity index (χ4n) is 1.49. The fraction of sp³-hybridized carbons (Fsp3) is 0.167. The van der Waals surface area contributed by atoms with Gasteiger partial charge in [0.25, 0.3) is 0 Å². The Bertz CT molecular complexity index is 392. The molecule has 2 nitrogen and oxygen atoms in total. The predicted octanol–water partition coefficient (Wildman–Crippen LogP) is 2.67. The van der Waals surface area contributed by atoms with E-state index in [1.807, 2.05) is 13.1 Å². The Labute approximate surface area is 83.6 Å². The van der Waals surface area contributed by atoms with Crippen molar-refractivity contribution in [2.75, 3.05) is 7.05 Å². The van der Waals surface area contributed by atoms with Crippen LogP contribution in [-0.4, -0.2) is 7.05 Å². The van der Waals surface area contributed by atoms with Gasteiger partial charge in [-0.25, -0.2) is 0 Å². The van der Waals surface area contributed by atoms with Crippen molar-refractivity contribution < 1.29 is 4.42 Å². The Kier molecular flexibility index (Phi) is 2.65. The molecule has 0 unspecified atom stereocenters. The molecule has 0 saturated carbocycles. The summed E-state index contributed by atoms with van der Waals surface area (Å²) >= 11 is 0. The normalized spacial score (nSPS) is 10.4. The van der Waals surface area contributed by atoms with E-state index in [1.54, 1.807) is 12.5 Å². The summed E-state index contributed by atoms with van der Waals surface area (Å²) in [6, 6.07) is 10.4. The van der Waals surface area contributed by atoms with Crippen LogP contribution in [0.1, 0.15) is 5.56 Å². The van der Waals surface area contributed by atoms with Crippen molar-refractivity contribution in [1.82, 2.24) is 5.32 Å². The van der Waals surface area contributed by atoms with E-state index >= 15 is 0 Å². The molecule has 0 radical (unpaired) electrons. The van der Waals surface area contributed by atoms with Crippen molar-refractivity contribution in [3.8, 4) is 11.1 Å². The minimum atomic E-state index is 0.895. The molecule has 1 aromatic heterocycles. The van der Waals surface area contributed by atoms with Crippen molar-refractivity contribution in [3.05, 3.63) is 48.4 Å². The molecule has 14 heavy (non-hydrogen) atoms. The molecule has 0 aliphatic heterocycles. The van der Waals surface area contributed by atoms with E-state index in [1.165, 1.54) is 11.1 Å². The summed E-state index contributed by atoms with van der Waals surface area (Å²) in [6.45, 7) is 0.895. The van der Waals surface area contributed by atoms with E-state index in [-0.39, 0.29) is 0 Å². The van der Waals surface area contributed by atoms with Crippen LogP contribution >= 0.6 is 0 Å². The summed E-state index contributed by atoms with van der Waals surface area (Å²) in [4.78, 5) is 0.